The molecule has 1 heterocycles. The minimum absolute atomic E-state index is 0.579. The van der Waals surface area contributed by atoms with Crippen molar-refractivity contribution in [2.45, 2.75) is 13.8 Å². The fraction of sp³-hybridized carbons (Fsp3) is 0.0690. The van der Waals surface area contributed by atoms with E-state index in [-0.39, 0.29) is 0 Å². The summed E-state index contributed by atoms with van der Waals surface area (Å²) in [4.78, 5) is 16.8. The average molecular weight is 429 g/mol. The summed E-state index contributed by atoms with van der Waals surface area (Å²) in [6.45, 7) is 4.17. The summed E-state index contributed by atoms with van der Waals surface area (Å²) >= 11 is 0. The Kier molecular flexibility index (Phi) is 5.64. The first-order valence-electron chi connectivity index (χ1n) is 11.0. The zero-order chi connectivity index (χ0) is 22.6. The van der Waals surface area contributed by atoms with Crippen molar-refractivity contribution in [3.8, 4) is 22.8 Å². The Morgan fingerprint density at radius 1 is 0.455 bits per heavy atom. The van der Waals surface area contributed by atoms with E-state index in [0.717, 1.165) is 22.5 Å². The Bertz CT molecular complexity index is 1240. The molecule has 160 valence electrons. The third-order valence-corrected chi connectivity index (χ3v) is 5.47. The number of benzene rings is 4. The topological polar surface area (TPSA) is 41.9 Å². The van der Waals surface area contributed by atoms with Crippen LogP contribution in [0.25, 0.3) is 22.8 Å². The van der Waals surface area contributed by atoms with Crippen LogP contribution in [0.3, 0.4) is 0 Å². The molecule has 4 heteroatoms. The summed E-state index contributed by atoms with van der Waals surface area (Å²) in [6, 6.07) is 36.9. The molecule has 0 amide bonds. The van der Waals surface area contributed by atoms with Crippen molar-refractivity contribution in [2.75, 3.05) is 4.90 Å². The van der Waals surface area contributed by atoms with Gasteiger partial charge in [0.05, 0.1) is 0 Å². The van der Waals surface area contributed by atoms with E-state index in [2.05, 4.69) is 67.3 Å². The molecule has 0 saturated carbocycles. The number of aryl methyl sites for hydroxylation is 2. The zero-order valence-corrected chi connectivity index (χ0v) is 18.7. The van der Waals surface area contributed by atoms with Gasteiger partial charge in [-0.05, 0) is 38.1 Å². The fourth-order valence-electron chi connectivity index (χ4n) is 3.67. The van der Waals surface area contributed by atoms with E-state index in [4.69, 9.17) is 15.0 Å². The second-order valence-corrected chi connectivity index (χ2v) is 8.02. The Morgan fingerprint density at radius 2 is 0.848 bits per heavy atom. The maximum absolute atomic E-state index is 4.93. The van der Waals surface area contributed by atoms with Gasteiger partial charge in [0.25, 0.3) is 0 Å². The predicted octanol–water partition coefficient (Wildman–Crippen LogP) is 7.29. The van der Waals surface area contributed by atoms with Crippen LogP contribution < -0.4 is 4.90 Å². The molecule has 4 aromatic carbocycles. The van der Waals surface area contributed by atoms with Gasteiger partial charge in [-0.25, -0.2) is 4.98 Å². The van der Waals surface area contributed by atoms with Gasteiger partial charge in [0.15, 0.2) is 11.6 Å². The maximum Gasteiger partial charge on any atom is 0.238 e. The van der Waals surface area contributed by atoms with Crippen molar-refractivity contribution in [3.05, 3.63) is 120 Å². The SMILES string of the molecule is Cc1ccc(N(c2ccc(C)cc2)c2nc(-c3ccccc3)nc(-c3ccccc3)n2)cc1. The number of aromatic nitrogens is 3. The molecular formula is C29H24N4. The molecular weight excluding hydrogens is 404 g/mol. The minimum Gasteiger partial charge on any atom is -0.279 e. The number of rotatable bonds is 5. The summed E-state index contributed by atoms with van der Waals surface area (Å²) < 4.78 is 0. The summed E-state index contributed by atoms with van der Waals surface area (Å²) in [6.07, 6.45) is 0. The fourth-order valence-corrected chi connectivity index (χ4v) is 3.67. The number of hydrogen-bond donors (Lipinski definition) is 0. The molecule has 0 atom stereocenters. The third kappa shape index (κ3) is 4.51. The molecule has 33 heavy (non-hydrogen) atoms. The molecule has 0 bridgehead atoms. The lowest BCUT2D eigenvalue weighted by atomic mass is 10.1. The highest BCUT2D eigenvalue weighted by Gasteiger charge is 2.19. The Morgan fingerprint density at radius 3 is 1.24 bits per heavy atom. The van der Waals surface area contributed by atoms with Gasteiger partial charge in [-0.2, -0.15) is 9.97 Å². The summed E-state index contributed by atoms with van der Waals surface area (Å²) in [5, 5.41) is 0. The Labute approximate surface area is 194 Å². The average Bonchev–Trinajstić information content (AvgIpc) is 2.87. The van der Waals surface area contributed by atoms with E-state index >= 15 is 0 Å². The number of anilines is 3. The number of hydrogen-bond acceptors (Lipinski definition) is 4. The minimum atomic E-state index is 0.579. The Hall–Kier alpha value is -4.31. The van der Waals surface area contributed by atoms with Crippen molar-refractivity contribution in [3.63, 3.8) is 0 Å². The van der Waals surface area contributed by atoms with E-state index < -0.39 is 0 Å². The van der Waals surface area contributed by atoms with Crippen LogP contribution in [0.2, 0.25) is 0 Å². The monoisotopic (exact) mass is 428 g/mol. The van der Waals surface area contributed by atoms with Crippen LogP contribution in [0, 0.1) is 13.8 Å². The maximum atomic E-state index is 4.93. The van der Waals surface area contributed by atoms with Gasteiger partial charge in [-0.1, -0.05) is 96.1 Å². The number of nitrogens with zero attached hydrogens (tertiary/aromatic N) is 4. The van der Waals surface area contributed by atoms with Crippen molar-refractivity contribution < 1.29 is 0 Å². The van der Waals surface area contributed by atoms with Gasteiger partial charge in [0.1, 0.15) is 0 Å². The lowest BCUT2D eigenvalue weighted by Gasteiger charge is -2.24. The van der Waals surface area contributed by atoms with Crippen molar-refractivity contribution >= 4 is 17.3 Å². The highest BCUT2D eigenvalue weighted by atomic mass is 15.3. The van der Waals surface area contributed by atoms with Crippen LogP contribution in [0.1, 0.15) is 11.1 Å². The molecule has 0 radical (unpaired) electrons. The molecule has 5 aromatic rings. The zero-order valence-electron chi connectivity index (χ0n) is 18.7. The first kappa shape index (κ1) is 20.6. The molecule has 0 N–H and O–H groups in total. The van der Waals surface area contributed by atoms with Crippen LogP contribution in [-0.2, 0) is 0 Å². The summed E-state index contributed by atoms with van der Waals surface area (Å²) in [7, 11) is 0. The van der Waals surface area contributed by atoms with Crippen LogP contribution >= 0.6 is 0 Å². The molecule has 0 aliphatic rings. The first-order chi connectivity index (χ1) is 16.2. The van der Waals surface area contributed by atoms with E-state index in [9.17, 15) is 0 Å². The van der Waals surface area contributed by atoms with Gasteiger partial charge in [-0.3, -0.25) is 4.90 Å². The molecule has 0 fully saturated rings. The highest BCUT2D eigenvalue weighted by molar-refractivity contribution is 5.75. The summed E-state index contributed by atoms with van der Waals surface area (Å²) in [5.74, 6) is 1.86. The van der Waals surface area contributed by atoms with Crippen LogP contribution in [0.5, 0.6) is 0 Å². The normalized spacial score (nSPS) is 10.7. The molecule has 4 nitrogen and oxygen atoms in total. The standard InChI is InChI=1S/C29H24N4/c1-21-13-17-25(18-14-21)33(26-19-15-22(2)16-20-26)29-31-27(23-9-5-3-6-10-23)30-28(32-29)24-11-7-4-8-12-24/h3-20H,1-2H3. The van der Waals surface area contributed by atoms with E-state index in [0.29, 0.717) is 17.6 Å². The molecule has 0 unspecified atom stereocenters. The lowest BCUT2D eigenvalue weighted by molar-refractivity contribution is 1.02. The van der Waals surface area contributed by atoms with E-state index in [1.807, 2.05) is 60.7 Å². The first-order valence-corrected chi connectivity index (χ1v) is 11.0. The third-order valence-electron chi connectivity index (χ3n) is 5.47. The van der Waals surface area contributed by atoms with E-state index in [1.165, 1.54) is 11.1 Å². The molecule has 0 aliphatic carbocycles. The van der Waals surface area contributed by atoms with Gasteiger partial charge < -0.3 is 0 Å². The molecule has 0 saturated heterocycles. The molecule has 5 rings (SSSR count). The largest absolute Gasteiger partial charge is 0.279 e. The molecule has 1 aromatic heterocycles. The second kappa shape index (κ2) is 9.05. The van der Waals surface area contributed by atoms with Gasteiger partial charge in [0.2, 0.25) is 5.95 Å². The predicted molar refractivity (Wildman–Crippen MR) is 135 cm³/mol. The highest BCUT2D eigenvalue weighted by Crippen LogP contribution is 2.34. The van der Waals surface area contributed by atoms with Crippen molar-refractivity contribution in [2.24, 2.45) is 0 Å². The lowest BCUT2D eigenvalue weighted by Crippen LogP contribution is -2.15. The van der Waals surface area contributed by atoms with Gasteiger partial charge in [0, 0.05) is 22.5 Å². The molecule has 0 spiro atoms. The van der Waals surface area contributed by atoms with Gasteiger partial charge >= 0.3 is 0 Å². The van der Waals surface area contributed by atoms with Crippen molar-refractivity contribution in [1.82, 2.24) is 15.0 Å². The smallest absolute Gasteiger partial charge is 0.238 e. The molecule has 0 aliphatic heterocycles. The van der Waals surface area contributed by atoms with E-state index in [1.54, 1.807) is 0 Å². The van der Waals surface area contributed by atoms with Crippen LogP contribution in [0.15, 0.2) is 109 Å². The quantitative estimate of drug-likeness (QED) is 0.295. The van der Waals surface area contributed by atoms with Gasteiger partial charge in [-0.15, -0.1) is 0 Å². The van der Waals surface area contributed by atoms with Crippen molar-refractivity contribution in [1.29, 1.82) is 0 Å². The Balaban J connectivity index is 1.74. The summed E-state index contributed by atoms with van der Waals surface area (Å²) in [5.41, 5.74) is 6.29. The van der Waals surface area contributed by atoms with Crippen LogP contribution in [0.4, 0.5) is 17.3 Å². The second-order valence-electron chi connectivity index (χ2n) is 8.02. The van der Waals surface area contributed by atoms with Crippen LogP contribution in [-0.4, -0.2) is 15.0 Å².